The molecule has 0 spiro atoms. The minimum Gasteiger partial charge on any atom is -0.389 e. The summed E-state index contributed by atoms with van der Waals surface area (Å²) in [4.78, 5) is 11.8. The van der Waals surface area contributed by atoms with Crippen molar-refractivity contribution in [3.8, 4) is 0 Å². The molecule has 1 amide bonds. The van der Waals surface area contributed by atoms with E-state index in [1.54, 1.807) is 4.68 Å². The normalized spacial score (nSPS) is 10.3. The first kappa shape index (κ1) is 15.4. The van der Waals surface area contributed by atoms with Crippen molar-refractivity contribution < 1.29 is 4.79 Å². The van der Waals surface area contributed by atoms with Crippen molar-refractivity contribution in [2.24, 2.45) is 12.8 Å². The number of aryl methyl sites for hydroxylation is 2. The fraction of sp³-hybridized carbons (Fsp3) is 0.583. The predicted molar refractivity (Wildman–Crippen MR) is 80.2 cm³/mol. The standard InChI is InChI=1S/C12H21N5OS/c1-4-6-14-9(18)5-7-15-12-10(11(13)19)8(2)16-17(12)3/h15H,4-7H2,1-3H3,(H2,13,19)(H,14,18). The summed E-state index contributed by atoms with van der Waals surface area (Å²) in [6, 6.07) is 0. The van der Waals surface area contributed by atoms with Gasteiger partial charge < -0.3 is 16.4 Å². The Bertz CT molecular complexity index is 469. The monoisotopic (exact) mass is 283 g/mol. The van der Waals surface area contributed by atoms with Crippen molar-refractivity contribution in [2.45, 2.75) is 26.7 Å². The van der Waals surface area contributed by atoms with Crippen LogP contribution in [-0.4, -0.2) is 33.8 Å². The Kier molecular flexibility index (Phi) is 5.75. The molecule has 1 aromatic heterocycles. The van der Waals surface area contributed by atoms with Crippen molar-refractivity contribution >= 4 is 28.9 Å². The van der Waals surface area contributed by atoms with Crippen LogP contribution >= 0.6 is 12.2 Å². The maximum Gasteiger partial charge on any atom is 0.221 e. The molecule has 0 aliphatic rings. The molecule has 6 nitrogen and oxygen atoms in total. The zero-order chi connectivity index (χ0) is 14.4. The van der Waals surface area contributed by atoms with Gasteiger partial charge in [-0.1, -0.05) is 19.1 Å². The molecule has 0 fully saturated rings. The molecule has 1 heterocycles. The van der Waals surface area contributed by atoms with Crippen LogP contribution in [-0.2, 0) is 11.8 Å². The van der Waals surface area contributed by atoms with Gasteiger partial charge in [0.15, 0.2) is 0 Å². The van der Waals surface area contributed by atoms with E-state index in [1.165, 1.54) is 0 Å². The van der Waals surface area contributed by atoms with Crippen LogP contribution in [0.15, 0.2) is 0 Å². The molecule has 0 radical (unpaired) electrons. The molecule has 1 rings (SSSR count). The number of hydrogen-bond acceptors (Lipinski definition) is 4. The Hall–Kier alpha value is -1.63. The van der Waals surface area contributed by atoms with Gasteiger partial charge in [0.25, 0.3) is 0 Å². The lowest BCUT2D eigenvalue weighted by Crippen LogP contribution is -2.26. The molecular formula is C12H21N5OS. The summed E-state index contributed by atoms with van der Waals surface area (Å²) < 4.78 is 1.69. The molecule has 0 saturated heterocycles. The summed E-state index contributed by atoms with van der Waals surface area (Å²) in [6.07, 6.45) is 1.34. The summed E-state index contributed by atoms with van der Waals surface area (Å²) in [5, 5.41) is 10.3. The topological polar surface area (TPSA) is 85.0 Å². The van der Waals surface area contributed by atoms with Gasteiger partial charge in [-0.05, 0) is 13.3 Å². The number of carbonyl (C=O) groups excluding carboxylic acids is 1. The van der Waals surface area contributed by atoms with Crippen LogP contribution in [0.2, 0.25) is 0 Å². The fourth-order valence-corrected chi connectivity index (χ4v) is 2.05. The summed E-state index contributed by atoms with van der Waals surface area (Å²) in [6.45, 7) is 5.10. The van der Waals surface area contributed by atoms with Crippen molar-refractivity contribution in [2.75, 3.05) is 18.4 Å². The average Bonchev–Trinajstić information content (AvgIpc) is 2.61. The second-order valence-electron chi connectivity index (χ2n) is 4.32. The lowest BCUT2D eigenvalue weighted by molar-refractivity contribution is -0.120. The van der Waals surface area contributed by atoms with Crippen LogP contribution in [0.1, 0.15) is 31.0 Å². The van der Waals surface area contributed by atoms with Crippen LogP contribution in [0.4, 0.5) is 5.82 Å². The van der Waals surface area contributed by atoms with E-state index < -0.39 is 0 Å². The molecule has 0 atom stereocenters. The second kappa shape index (κ2) is 7.08. The third-order valence-corrected chi connectivity index (χ3v) is 2.89. The lowest BCUT2D eigenvalue weighted by atomic mass is 10.2. The van der Waals surface area contributed by atoms with E-state index in [2.05, 4.69) is 15.7 Å². The van der Waals surface area contributed by atoms with Gasteiger partial charge in [-0.15, -0.1) is 0 Å². The van der Waals surface area contributed by atoms with Gasteiger partial charge in [0, 0.05) is 26.6 Å². The molecule has 0 saturated carbocycles. The molecule has 1 aromatic rings. The minimum atomic E-state index is 0.0325. The zero-order valence-corrected chi connectivity index (χ0v) is 12.4. The lowest BCUT2D eigenvalue weighted by Gasteiger charge is -2.09. The smallest absolute Gasteiger partial charge is 0.221 e. The van der Waals surface area contributed by atoms with Crippen molar-refractivity contribution in [3.63, 3.8) is 0 Å². The molecule has 0 bridgehead atoms. The number of nitrogens with one attached hydrogen (secondary N) is 2. The third-order valence-electron chi connectivity index (χ3n) is 2.69. The van der Waals surface area contributed by atoms with Crippen LogP contribution in [0.25, 0.3) is 0 Å². The number of amides is 1. The molecule has 0 aromatic carbocycles. The van der Waals surface area contributed by atoms with Gasteiger partial charge in [-0.25, -0.2) is 0 Å². The maximum absolute atomic E-state index is 11.5. The fourth-order valence-electron chi connectivity index (χ4n) is 1.80. The van der Waals surface area contributed by atoms with Crippen LogP contribution in [0.5, 0.6) is 0 Å². The Morgan fingerprint density at radius 1 is 1.47 bits per heavy atom. The highest BCUT2D eigenvalue weighted by atomic mass is 32.1. The van der Waals surface area contributed by atoms with E-state index in [0.29, 0.717) is 24.5 Å². The van der Waals surface area contributed by atoms with Gasteiger partial charge in [-0.2, -0.15) is 5.10 Å². The number of aromatic nitrogens is 2. The molecule has 19 heavy (non-hydrogen) atoms. The number of hydrogen-bond donors (Lipinski definition) is 3. The Balaban J connectivity index is 2.58. The van der Waals surface area contributed by atoms with Gasteiger partial charge in [0.2, 0.25) is 5.91 Å². The van der Waals surface area contributed by atoms with Gasteiger partial charge in [0.05, 0.1) is 11.3 Å². The number of nitrogens with two attached hydrogens (primary N) is 1. The molecular weight excluding hydrogens is 262 g/mol. The van der Waals surface area contributed by atoms with Gasteiger partial charge in [0.1, 0.15) is 10.8 Å². The van der Waals surface area contributed by atoms with Crippen molar-refractivity contribution in [1.29, 1.82) is 0 Å². The van der Waals surface area contributed by atoms with Crippen molar-refractivity contribution in [1.82, 2.24) is 15.1 Å². The molecule has 0 aliphatic heterocycles. The van der Waals surface area contributed by atoms with Gasteiger partial charge >= 0.3 is 0 Å². The molecule has 4 N–H and O–H groups in total. The van der Waals surface area contributed by atoms with E-state index in [9.17, 15) is 4.79 Å². The second-order valence-corrected chi connectivity index (χ2v) is 4.76. The summed E-state index contributed by atoms with van der Waals surface area (Å²) in [5.41, 5.74) is 7.21. The van der Waals surface area contributed by atoms with E-state index in [1.807, 2.05) is 20.9 Å². The highest BCUT2D eigenvalue weighted by molar-refractivity contribution is 7.80. The zero-order valence-electron chi connectivity index (χ0n) is 11.6. The largest absolute Gasteiger partial charge is 0.389 e. The molecule has 106 valence electrons. The highest BCUT2D eigenvalue weighted by Gasteiger charge is 2.15. The maximum atomic E-state index is 11.5. The van der Waals surface area contributed by atoms with E-state index in [4.69, 9.17) is 18.0 Å². The summed E-state index contributed by atoms with van der Waals surface area (Å²) in [5.74, 6) is 0.790. The number of anilines is 1. The van der Waals surface area contributed by atoms with Crippen LogP contribution in [0.3, 0.4) is 0 Å². The molecule has 7 heteroatoms. The van der Waals surface area contributed by atoms with E-state index in [0.717, 1.165) is 23.5 Å². The van der Waals surface area contributed by atoms with Gasteiger partial charge in [-0.3, -0.25) is 9.48 Å². The molecule has 0 aliphatic carbocycles. The van der Waals surface area contributed by atoms with Crippen LogP contribution in [0, 0.1) is 6.92 Å². The first-order valence-electron chi connectivity index (χ1n) is 6.31. The Morgan fingerprint density at radius 3 is 2.74 bits per heavy atom. The Labute approximate surface area is 118 Å². The third kappa shape index (κ3) is 4.20. The first-order valence-corrected chi connectivity index (χ1v) is 6.72. The minimum absolute atomic E-state index is 0.0325. The average molecular weight is 283 g/mol. The highest BCUT2D eigenvalue weighted by Crippen LogP contribution is 2.18. The van der Waals surface area contributed by atoms with E-state index >= 15 is 0 Å². The number of carbonyl (C=O) groups is 1. The number of thiocarbonyl (C=S) groups is 1. The number of nitrogens with zero attached hydrogens (tertiary/aromatic N) is 2. The first-order chi connectivity index (χ1) is 8.97. The quantitative estimate of drug-likeness (QED) is 0.641. The van der Waals surface area contributed by atoms with Crippen molar-refractivity contribution in [3.05, 3.63) is 11.3 Å². The number of rotatable bonds is 7. The molecule has 0 unspecified atom stereocenters. The summed E-state index contributed by atoms with van der Waals surface area (Å²) >= 11 is 5.01. The summed E-state index contributed by atoms with van der Waals surface area (Å²) in [7, 11) is 1.81. The SMILES string of the molecule is CCCNC(=O)CCNc1c(C(N)=S)c(C)nn1C. The van der Waals surface area contributed by atoms with Crippen LogP contribution < -0.4 is 16.4 Å². The predicted octanol–water partition coefficient (Wildman–Crippen LogP) is 0.691. The van der Waals surface area contributed by atoms with E-state index in [-0.39, 0.29) is 5.91 Å². The Morgan fingerprint density at radius 2 is 2.16 bits per heavy atom.